The number of rotatable bonds is 9. The van der Waals surface area contributed by atoms with Gasteiger partial charge in [0.1, 0.15) is 11.6 Å². The Morgan fingerprint density at radius 3 is 2.19 bits per heavy atom. The number of carbonyl (C=O) groups excluding carboxylic acids is 1. The van der Waals surface area contributed by atoms with E-state index in [1.807, 2.05) is 13.8 Å². The lowest BCUT2D eigenvalue weighted by atomic mass is 9.98. The number of aryl methyl sites for hydroxylation is 1. The van der Waals surface area contributed by atoms with Crippen LogP contribution in [0.1, 0.15) is 54.3 Å². The van der Waals surface area contributed by atoms with Crippen molar-refractivity contribution in [3.63, 3.8) is 0 Å². The molecule has 0 saturated carbocycles. The third-order valence-corrected chi connectivity index (χ3v) is 6.23. The molecule has 0 aliphatic rings. The van der Waals surface area contributed by atoms with Gasteiger partial charge in [-0.05, 0) is 85.8 Å². The van der Waals surface area contributed by atoms with E-state index in [-0.39, 0.29) is 35.9 Å². The molecule has 2 atom stereocenters. The van der Waals surface area contributed by atoms with Crippen molar-refractivity contribution in [2.75, 3.05) is 0 Å². The molecule has 0 radical (unpaired) electrons. The van der Waals surface area contributed by atoms with Crippen molar-refractivity contribution >= 4 is 22.9 Å². The van der Waals surface area contributed by atoms with Crippen molar-refractivity contribution in [3.8, 4) is 11.3 Å². The van der Waals surface area contributed by atoms with Gasteiger partial charge in [0.15, 0.2) is 0 Å². The molecule has 6 nitrogen and oxygen atoms in total. The number of benzene rings is 3. The van der Waals surface area contributed by atoms with Crippen LogP contribution >= 0.6 is 0 Å². The summed E-state index contributed by atoms with van der Waals surface area (Å²) in [5.74, 6) is -1.94. The van der Waals surface area contributed by atoms with E-state index in [2.05, 4.69) is 5.32 Å². The molecule has 0 bridgehead atoms. The number of nitrogens with zero attached hydrogens (tertiary/aromatic N) is 2. The fourth-order valence-corrected chi connectivity index (χ4v) is 4.14. The second kappa shape index (κ2) is 11.2. The summed E-state index contributed by atoms with van der Waals surface area (Å²) in [6, 6.07) is 16.6. The Hall–Kier alpha value is -4.20. The summed E-state index contributed by atoms with van der Waals surface area (Å²) in [6.07, 6.45) is 1.10. The molecule has 0 aliphatic carbocycles. The maximum Gasteiger partial charge on any atom is 0.303 e. The average Bonchev–Trinajstić information content (AvgIpc) is 2.87. The first kappa shape index (κ1) is 25.9. The first-order chi connectivity index (χ1) is 17.7. The smallest absolute Gasteiger partial charge is 0.303 e. The molecular formula is C29H27F2N3O3. The molecule has 1 unspecified atom stereocenters. The Bertz CT molecular complexity index is 1420. The summed E-state index contributed by atoms with van der Waals surface area (Å²) in [5.41, 5.74) is 4.21. The monoisotopic (exact) mass is 503 g/mol. The van der Waals surface area contributed by atoms with Gasteiger partial charge < -0.3 is 10.4 Å². The van der Waals surface area contributed by atoms with E-state index >= 15 is 0 Å². The predicted molar refractivity (Wildman–Crippen MR) is 137 cm³/mol. The Morgan fingerprint density at radius 1 is 0.892 bits per heavy atom. The Balaban J connectivity index is 1.64. The number of hydrogen-bond acceptors (Lipinski definition) is 4. The summed E-state index contributed by atoms with van der Waals surface area (Å²) in [5, 5.41) is 12.0. The van der Waals surface area contributed by atoms with E-state index < -0.39 is 5.97 Å². The molecule has 4 aromatic rings. The Morgan fingerprint density at radius 2 is 1.54 bits per heavy atom. The van der Waals surface area contributed by atoms with E-state index in [4.69, 9.17) is 15.1 Å². The molecular weight excluding hydrogens is 476 g/mol. The Labute approximate surface area is 213 Å². The quantitative estimate of drug-likeness (QED) is 0.288. The highest BCUT2D eigenvalue weighted by atomic mass is 19.1. The molecule has 190 valence electrons. The van der Waals surface area contributed by atoms with Crippen LogP contribution < -0.4 is 5.32 Å². The van der Waals surface area contributed by atoms with Crippen LogP contribution in [0.4, 0.5) is 8.78 Å². The van der Waals surface area contributed by atoms with Gasteiger partial charge in [-0.25, -0.2) is 18.7 Å². The van der Waals surface area contributed by atoms with Gasteiger partial charge in [0.25, 0.3) is 5.91 Å². The van der Waals surface area contributed by atoms with E-state index in [1.165, 1.54) is 24.3 Å². The maximum absolute atomic E-state index is 13.5. The number of nitrogens with one attached hydrogen (secondary N) is 1. The van der Waals surface area contributed by atoms with Crippen LogP contribution in [0.3, 0.4) is 0 Å². The van der Waals surface area contributed by atoms with Gasteiger partial charge in [-0.2, -0.15) is 0 Å². The lowest BCUT2D eigenvalue weighted by molar-refractivity contribution is -0.138. The Kier molecular flexibility index (Phi) is 7.86. The van der Waals surface area contributed by atoms with E-state index in [1.54, 1.807) is 42.5 Å². The van der Waals surface area contributed by atoms with Gasteiger partial charge in [-0.1, -0.05) is 19.1 Å². The van der Waals surface area contributed by atoms with Crippen molar-refractivity contribution in [2.24, 2.45) is 5.92 Å². The molecule has 4 rings (SSSR count). The predicted octanol–water partition coefficient (Wildman–Crippen LogP) is 6.11. The molecule has 2 N–H and O–H groups in total. The number of carboxylic acid groups (broad SMARTS) is 1. The van der Waals surface area contributed by atoms with Crippen LogP contribution in [-0.2, 0) is 11.2 Å². The first-order valence-corrected chi connectivity index (χ1v) is 12.0. The zero-order chi connectivity index (χ0) is 26.5. The summed E-state index contributed by atoms with van der Waals surface area (Å²) >= 11 is 0. The van der Waals surface area contributed by atoms with Crippen LogP contribution in [0.15, 0.2) is 66.7 Å². The number of fused-ring (bicyclic) bond motifs is 1. The van der Waals surface area contributed by atoms with Crippen molar-refractivity contribution < 1.29 is 23.5 Å². The molecule has 0 spiro atoms. The number of aliphatic carboxylic acids is 1. The fourth-order valence-electron chi connectivity index (χ4n) is 4.14. The number of amides is 1. The molecule has 0 saturated heterocycles. The fraction of sp³-hybridized carbons (Fsp3) is 0.241. The molecule has 0 fully saturated rings. The summed E-state index contributed by atoms with van der Waals surface area (Å²) in [7, 11) is 0. The van der Waals surface area contributed by atoms with E-state index in [0.29, 0.717) is 46.4 Å². The topological polar surface area (TPSA) is 92.2 Å². The van der Waals surface area contributed by atoms with Crippen molar-refractivity contribution in [2.45, 2.75) is 39.2 Å². The number of carbonyl (C=O) groups is 2. The largest absolute Gasteiger partial charge is 0.481 e. The standard InChI is InChI=1S/C29H27F2N3O3/c1-17(15-27(35)36)3-13-25-28(20-6-11-23(31)12-7-20)34-24-14-8-21(16-26(24)33-25)29(37)32-18(2)19-4-9-22(30)10-5-19/h4-12,14,16-18H,3,13,15H2,1-2H3,(H,32,37)(H,35,36)/t17?,18-/m1/s1. The normalized spacial score (nSPS) is 12.8. The van der Waals surface area contributed by atoms with E-state index in [9.17, 15) is 18.4 Å². The van der Waals surface area contributed by atoms with Crippen LogP contribution in [0.2, 0.25) is 0 Å². The minimum atomic E-state index is -0.860. The average molecular weight is 504 g/mol. The molecule has 3 aromatic carbocycles. The summed E-state index contributed by atoms with van der Waals surface area (Å²) in [4.78, 5) is 33.6. The number of aromatic nitrogens is 2. The molecule has 1 aromatic heterocycles. The number of hydrogen-bond donors (Lipinski definition) is 2. The van der Waals surface area contributed by atoms with Crippen LogP contribution in [0, 0.1) is 17.6 Å². The molecule has 0 aliphatic heterocycles. The minimum Gasteiger partial charge on any atom is -0.481 e. The second-order valence-corrected chi connectivity index (χ2v) is 9.22. The van der Waals surface area contributed by atoms with Crippen LogP contribution in [0.25, 0.3) is 22.3 Å². The van der Waals surface area contributed by atoms with Crippen molar-refractivity contribution in [1.29, 1.82) is 0 Å². The lowest BCUT2D eigenvalue weighted by Gasteiger charge is -2.15. The van der Waals surface area contributed by atoms with Gasteiger partial charge in [0.05, 0.1) is 28.5 Å². The van der Waals surface area contributed by atoms with Gasteiger partial charge in [0.2, 0.25) is 0 Å². The first-order valence-electron chi connectivity index (χ1n) is 12.0. The maximum atomic E-state index is 13.5. The lowest BCUT2D eigenvalue weighted by Crippen LogP contribution is -2.26. The number of carboxylic acids is 1. The third kappa shape index (κ3) is 6.52. The van der Waals surface area contributed by atoms with Gasteiger partial charge in [-0.3, -0.25) is 9.59 Å². The number of halogens is 2. The molecule has 37 heavy (non-hydrogen) atoms. The van der Waals surface area contributed by atoms with Crippen LogP contribution in [-0.4, -0.2) is 27.0 Å². The van der Waals surface area contributed by atoms with Gasteiger partial charge in [0, 0.05) is 17.5 Å². The highest BCUT2D eigenvalue weighted by Gasteiger charge is 2.17. The SMILES string of the molecule is CC(CCc1nc2cc(C(=O)N[C@H](C)c3ccc(F)cc3)ccc2nc1-c1ccc(F)cc1)CC(=O)O. The summed E-state index contributed by atoms with van der Waals surface area (Å²) < 4.78 is 26.7. The van der Waals surface area contributed by atoms with Gasteiger partial charge in [-0.15, -0.1) is 0 Å². The zero-order valence-corrected chi connectivity index (χ0v) is 20.5. The second-order valence-electron chi connectivity index (χ2n) is 9.22. The highest BCUT2D eigenvalue weighted by molar-refractivity contribution is 5.97. The third-order valence-electron chi connectivity index (χ3n) is 6.23. The van der Waals surface area contributed by atoms with Crippen LogP contribution in [0.5, 0.6) is 0 Å². The summed E-state index contributed by atoms with van der Waals surface area (Å²) in [6.45, 7) is 3.68. The van der Waals surface area contributed by atoms with Crippen molar-refractivity contribution in [3.05, 3.63) is 95.2 Å². The van der Waals surface area contributed by atoms with Gasteiger partial charge >= 0.3 is 5.97 Å². The molecule has 1 heterocycles. The highest BCUT2D eigenvalue weighted by Crippen LogP contribution is 2.27. The van der Waals surface area contributed by atoms with Crippen molar-refractivity contribution in [1.82, 2.24) is 15.3 Å². The van der Waals surface area contributed by atoms with E-state index in [0.717, 1.165) is 5.56 Å². The molecule has 1 amide bonds. The minimum absolute atomic E-state index is 0.0451. The zero-order valence-electron chi connectivity index (χ0n) is 20.5. The molecule has 8 heteroatoms.